The summed E-state index contributed by atoms with van der Waals surface area (Å²) in [5, 5.41) is 0. The topological polar surface area (TPSA) is 61.5 Å². The average molecular weight is 400 g/mol. The van der Waals surface area contributed by atoms with Crippen LogP contribution in [0.4, 0.5) is 4.39 Å². The summed E-state index contributed by atoms with van der Waals surface area (Å²) >= 11 is 0. The lowest BCUT2D eigenvalue weighted by atomic mass is 9.95. The number of nitrogens with one attached hydrogen (secondary N) is 1. The number of benzene rings is 1. The summed E-state index contributed by atoms with van der Waals surface area (Å²) < 4.78 is 19.7. The lowest BCUT2D eigenvalue weighted by Gasteiger charge is -2.35. The fourth-order valence-electron chi connectivity index (χ4n) is 4.32. The van der Waals surface area contributed by atoms with Gasteiger partial charge in [0.25, 0.3) is 5.91 Å². The molecule has 0 radical (unpaired) electrons. The van der Waals surface area contributed by atoms with Crippen LogP contribution in [0.5, 0.6) is 0 Å². The fraction of sp³-hybridized carbons (Fsp3) is 0.545. The average Bonchev–Trinajstić information content (AvgIpc) is 3.44. The molecular weight excluding hydrogens is 371 g/mol. The summed E-state index contributed by atoms with van der Waals surface area (Å²) in [5.74, 6) is 0.300. The largest absolute Gasteiger partial charge is 0.376 e. The molecule has 2 saturated heterocycles. The number of carbonyl (C=O) groups is 1. The van der Waals surface area contributed by atoms with E-state index in [2.05, 4.69) is 14.9 Å². The van der Waals surface area contributed by atoms with E-state index in [-0.39, 0.29) is 17.8 Å². The number of H-pyrrole nitrogens is 1. The van der Waals surface area contributed by atoms with Crippen molar-refractivity contribution in [3.8, 4) is 0 Å². The molecule has 1 aromatic carbocycles. The first kappa shape index (κ1) is 20.0. The Morgan fingerprint density at radius 1 is 1.24 bits per heavy atom. The first-order valence-electron chi connectivity index (χ1n) is 10.5. The summed E-state index contributed by atoms with van der Waals surface area (Å²) in [6.45, 7) is 4.63. The molecule has 2 aliphatic heterocycles. The number of likely N-dealkylation sites (tertiary alicyclic amines) is 1. The van der Waals surface area contributed by atoms with Crippen LogP contribution in [0.1, 0.15) is 41.7 Å². The maximum Gasteiger partial charge on any atom is 0.272 e. The third kappa shape index (κ3) is 5.22. The molecule has 1 amide bonds. The lowest BCUT2D eigenvalue weighted by molar-refractivity contribution is 0.0440. The van der Waals surface area contributed by atoms with E-state index in [1.807, 2.05) is 17.0 Å². The molecule has 0 spiro atoms. The van der Waals surface area contributed by atoms with Crippen LogP contribution in [0.25, 0.3) is 0 Å². The van der Waals surface area contributed by atoms with Crippen molar-refractivity contribution in [2.75, 3.05) is 32.8 Å². The normalized spacial score (nSPS) is 20.8. The van der Waals surface area contributed by atoms with E-state index in [0.29, 0.717) is 24.7 Å². The third-order valence-electron chi connectivity index (χ3n) is 6.00. The van der Waals surface area contributed by atoms with Gasteiger partial charge in [-0.1, -0.05) is 18.2 Å². The maximum atomic E-state index is 13.9. The van der Waals surface area contributed by atoms with Gasteiger partial charge in [-0.2, -0.15) is 0 Å². The summed E-state index contributed by atoms with van der Waals surface area (Å²) in [6.07, 6.45) is 7.34. The van der Waals surface area contributed by atoms with Crippen molar-refractivity contribution in [1.29, 1.82) is 0 Å². The number of nitrogens with zero attached hydrogens (tertiary/aromatic N) is 3. The molecule has 0 aliphatic carbocycles. The van der Waals surface area contributed by atoms with Gasteiger partial charge < -0.3 is 14.6 Å². The van der Waals surface area contributed by atoms with Gasteiger partial charge in [-0.15, -0.1) is 0 Å². The zero-order chi connectivity index (χ0) is 20.1. The lowest BCUT2D eigenvalue weighted by Crippen LogP contribution is -2.43. The van der Waals surface area contributed by atoms with E-state index in [0.717, 1.165) is 57.5 Å². The van der Waals surface area contributed by atoms with Crippen molar-refractivity contribution in [3.05, 3.63) is 53.9 Å². The van der Waals surface area contributed by atoms with Crippen LogP contribution >= 0.6 is 0 Å². The molecule has 1 N–H and O–H groups in total. The maximum absolute atomic E-state index is 13.9. The Labute approximate surface area is 171 Å². The molecule has 0 saturated carbocycles. The van der Waals surface area contributed by atoms with Crippen LogP contribution in [0.15, 0.2) is 36.8 Å². The van der Waals surface area contributed by atoms with E-state index in [9.17, 15) is 9.18 Å². The highest BCUT2D eigenvalue weighted by atomic mass is 19.1. The smallest absolute Gasteiger partial charge is 0.272 e. The zero-order valence-corrected chi connectivity index (χ0v) is 16.7. The van der Waals surface area contributed by atoms with Crippen molar-refractivity contribution >= 4 is 5.91 Å². The first-order valence-corrected chi connectivity index (χ1v) is 10.5. The van der Waals surface area contributed by atoms with E-state index in [1.54, 1.807) is 18.6 Å². The van der Waals surface area contributed by atoms with Gasteiger partial charge >= 0.3 is 0 Å². The molecule has 4 rings (SSSR count). The Kier molecular flexibility index (Phi) is 6.56. The molecule has 2 fully saturated rings. The minimum atomic E-state index is -0.137. The molecule has 29 heavy (non-hydrogen) atoms. The molecule has 0 bridgehead atoms. The number of rotatable bonds is 7. The second-order valence-corrected chi connectivity index (χ2v) is 8.12. The zero-order valence-electron chi connectivity index (χ0n) is 16.7. The molecular formula is C22H29FN4O2. The molecule has 6 nitrogen and oxygen atoms in total. The number of aromatic nitrogens is 2. The van der Waals surface area contributed by atoms with Crippen LogP contribution in [0.2, 0.25) is 0 Å². The minimum absolute atomic E-state index is 0.00761. The Morgan fingerprint density at radius 2 is 2.07 bits per heavy atom. The van der Waals surface area contributed by atoms with Crippen LogP contribution in [-0.4, -0.2) is 64.6 Å². The predicted molar refractivity (Wildman–Crippen MR) is 108 cm³/mol. The summed E-state index contributed by atoms with van der Waals surface area (Å²) in [4.78, 5) is 24.1. The van der Waals surface area contributed by atoms with Crippen LogP contribution in [0, 0.1) is 11.7 Å². The molecule has 1 aromatic heterocycles. The first-order chi connectivity index (χ1) is 14.2. The van der Waals surface area contributed by atoms with Crippen LogP contribution < -0.4 is 0 Å². The molecule has 3 heterocycles. The number of carbonyl (C=O) groups excluding carboxylic acids is 1. The summed E-state index contributed by atoms with van der Waals surface area (Å²) in [6, 6.07) is 6.99. The second-order valence-electron chi connectivity index (χ2n) is 8.12. The van der Waals surface area contributed by atoms with Gasteiger partial charge in [-0.3, -0.25) is 9.69 Å². The molecule has 156 valence electrons. The van der Waals surface area contributed by atoms with Gasteiger partial charge in [0.05, 0.1) is 18.6 Å². The molecule has 2 aromatic rings. The number of imidazole rings is 1. The van der Waals surface area contributed by atoms with Gasteiger partial charge in [0.15, 0.2) is 0 Å². The highest BCUT2D eigenvalue weighted by Crippen LogP contribution is 2.23. The predicted octanol–water partition coefficient (Wildman–Crippen LogP) is 3.08. The van der Waals surface area contributed by atoms with E-state index < -0.39 is 0 Å². The van der Waals surface area contributed by atoms with Gasteiger partial charge in [-0.25, -0.2) is 9.37 Å². The standard InChI is InChI=1S/C22H29FN4O2/c23-20-6-2-1-4-18(20)14-26-9-7-17(8-10-26)13-27(15-19-5-3-11-29-19)22(28)21-12-24-16-25-21/h1-2,4,6,12,16-17,19H,3,5,7-11,13-15H2,(H,24,25)/t19-/m1/s1. The SMILES string of the molecule is O=C(c1cnc[nH]1)N(CC1CCN(Cc2ccccc2F)CC1)C[C@H]1CCCO1. The van der Waals surface area contributed by atoms with Gasteiger partial charge in [0.2, 0.25) is 0 Å². The number of ether oxygens (including phenoxy) is 1. The summed E-state index contributed by atoms with van der Waals surface area (Å²) in [7, 11) is 0. The fourth-order valence-corrected chi connectivity index (χ4v) is 4.32. The summed E-state index contributed by atoms with van der Waals surface area (Å²) in [5.41, 5.74) is 1.28. The number of halogens is 1. The Bertz CT molecular complexity index is 784. The molecule has 7 heteroatoms. The minimum Gasteiger partial charge on any atom is -0.376 e. The Morgan fingerprint density at radius 3 is 2.76 bits per heavy atom. The third-order valence-corrected chi connectivity index (χ3v) is 6.00. The number of aromatic amines is 1. The van der Waals surface area contributed by atoms with E-state index >= 15 is 0 Å². The van der Waals surface area contributed by atoms with E-state index in [1.165, 1.54) is 6.07 Å². The van der Waals surface area contributed by atoms with Crippen molar-refractivity contribution in [2.24, 2.45) is 5.92 Å². The quantitative estimate of drug-likeness (QED) is 0.776. The van der Waals surface area contributed by atoms with Gasteiger partial charge in [0.1, 0.15) is 11.5 Å². The van der Waals surface area contributed by atoms with Crippen LogP contribution in [0.3, 0.4) is 0 Å². The highest BCUT2D eigenvalue weighted by molar-refractivity contribution is 5.92. The van der Waals surface area contributed by atoms with Gasteiger partial charge in [-0.05, 0) is 50.8 Å². The van der Waals surface area contributed by atoms with Gasteiger partial charge in [0, 0.05) is 31.8 Å². The molecule has 0 unspecified atom stereocenters. The Hall–Kier alpha value is -2.25. The van der Waals surface area contributed by atoms with E-state index in [4.69, 9.17) is 4.74 Å². The number of amides is 1. The Balaban J connectivity index is 1.33. The number of piperidine rings is 1. The highest BCUT2D eigenvalue weighted by Gasteiger charge is 2.28. The van der Waals surface area contributed by atoms with Crippen molar-refractivity contribution < 1.29 is 13.9 Å². The monoisotopic (exact) mass is 400 g/mol. The van der Waals surface area contributed by atoms with Crippen molar-refractivity contribution in [2.45, 2.75) is 38.3 Å². The molecule has 1 atom stereocenters. The molecule has 2 aliphatic rings. The van der Waals surface area contributed by atoms with Crippen molar-refractivity contribution in [3.63, 3.8) is 0 Å². The van der Waals surface area contributed by atoms with Crippen molar-refractivity contribution in [1.82, 2.24) is 19.8 Å². The second kappa shape index (κ2) is 9.50. The van der Waals surface area contributed by atoms with Crippen LogP contribution in [-0.2, 0) is 11.3 Å². The number of hydrogen-bond donors (Lipinski definition) is 1. The number of hydrogen-bond acceptors (Lipinski definition) is 4.